The van der Waals surface area contributed by atoms with Gasteiger partial charge in [-0.25, -0.2) is 0 Å². The zero-order valence-electron chi connectivity index (χ0n) is 11.5. The van der Waals surface area contributed by atoms with Gasteiger partial charge in [-0.15, -0.1) is 0 Å². The normalized spacial score (nSPS) is 14.6. The average molecular weight is 236 g/mol. The molecule has 0 radical (unpaired) electrons. The fraction of sp³-hybridized carbons (Fsp3) is 0.600. The first-order valence-corrected chi connectivity index (χ1v) is 6.49. The van der Waals surface area contributed by atoms with Crippen LogP contribution in [-0.2, 0) is 4.74 Å². The highest BCUT2D eigenvalue weighted by molar-refractivity contribution is 5.35. The Labute approximate surface area is 105 Å². The van der Waals surface area contributed by atoms with Crippen LogP contribution in [-0.4, -0.2) is 19.3 Å². The zero-order chi connectivity index (χ0) is 12.7. The van der Waals surface area contributed by atoms with E-state index in [0.717, 1.165) is 19.0 Å². The molecule has 0 amide bonds. The van der Waals surface area contributed by atoms with Gasteiger partial charge < -0.3 is 9.47 Å². The van der Waals surface area contributed by atoms with Crippen molar-refractivity contribution < 1.29 is 9.47 Å². The van der Waals surface area contributed by atoms with E-state index in [4.69, 9.17) is 9.47 Å². The van der Waals surface area contributed by atoms with Crippen molar-refractivity contribution in [2.75, 3.05) is 13.2 Å². The first-order valence-electron chi connectivity index (χ1n) is 6.49. The summed E-state index contributed by atoms with van der Waals surface area (Å²) in [5, 5.41) is 0. The summed E-state index contributed by atoms with van der Waals surface area (Å²) < 4.78 is 10.8. The summed E-state index contributed by atoms with van der Waals surface area (Å²) in [6.07, 6.45) is 2.90. The molecule has 96 valence electrons. The van der Waals surface area contributed by atoms with Crippen molar-refractivity contribution in [1.82, 2.24) is 0 Å². The van der Waals surface area contributed by atoms with E-state index in [2.05, 4.69) is 39.8 Å². The summed E-state index contributed by atoms with van der Waals surface area (Å²) in [5.41, 5.74) is 2.47. The molecule has 1 heterocycles. The van der Waals surface area contributed by atoms with Gasteiger partial charge in [-0.05, 0) is 25.5 Å². The quantitative estimate of drug-likeness (QED) is 0.792. The predicted molar refractivity (Wildman–Crippen MR) is 71.7 cm³/mol. The molecule has 0 aliphatic carbocycles. The molecule has 1 aromatic rings. The second-order valence-corrected chi connectivity index (χ2v) is 4.55. The monoisotopic (exact) mass is 236 g/mol. The number of ether oxygens (including phenoxy) is 2. The molecule has 2 rings (SSSR count). The molecule has 1 saturated heterocycles. The summed E-state index contributed by atoms with van der Waals surface area (Å²) in [7, 11) is 0. The lowest BCUT2D eigenvalue weighted by Crippen LogP contribution is -2.38. The van der Waals surface area contributed by atoms with Gasteiger partial charge in [0, 0.05) is 0 Å². The Morgan fingerprint density at radius 1 is 1.18 bits per heavy atom. The molecule has 17 heavy (non-hydrogen) atoms. The molecule has 0 unspecified atom stereocenters. The minimum absolute atomic E-state index is 0.265. The highest BCUT2D eigenvalue weighted by Crippen LogP contribution is 2.21. The van der Waals surface area contributed by atoms with E-state index in [1.165, 1.54) is 24.0 Å². The van der Waals surface area contributed by atoms with Crippen molar-refractivity contribution in [3.05, 3.63) is 29.3 Å². The largest absolute Gasteiger partial charge is 0.485 e. The number of rotatable bonds is 3. The van der Waals surface area contributed by atoms with Crippen LogP contribution in [0.5, 0.6) is 5.75 Å². The topological polar surface area (TPSA) is 18.5 Å². The summed E-state index contributed by atoms with van der Waals surface area (Å²) in [4.78, 5) is 0. The second kappa shape index (κ2) is 7.33. The van der Waals surface area contributed by atoms with Crippen molar-refractivity contribution in [3.63, 3.8) is 0 Å². The third-order valence-electron chi connectivity index (χ3n) is 2.73. The van der Waals surface area contributed by atoms with Crippen molar-refractivity contribution in [2.45, 2.75) is 46.6 Å². The van der Waals surface area contributed by atoms with Gasteiger partial charge in [0.05, 0.1) is 13.2 Å². The Balaban J connectivity index is 0.000000317. The van der Waals surface area contributed by atoms with E-state index in [0.29, 0.717) is 0 Å². The van der Waals surface area contributed by atoms with Gasteiger partial charge in [-0.2, -0.15) is 0 Å². The van der Waals surface area contributed by atoms with E-state index in [-0.39, 0.29) is 6.10 Å². The number of unbranched alkanes of at least 4 members (excludes halogenated alkanes) is 1. The summed E-state index contributed by atoms with van der Waals surface area (Å²) in [6.45, 7) is 9.98. The molecule has 1 aliphatic rings. The highest BCUT2D eigenvalue weighted by atomic mass is 16.6. The molecule has 0 aromatic heterocycles. The molecule has 1 aliphatic heterocycles. The van der Waals surface area contributed by atoms with Crippen LogP contribution in [0.3, 0.4) is 0 Å². The van der Waals surface area contributed by atoms with Gasteiger partial charge >= 0.3 is 0 Å². The van der Waals surface area contributed by atoms with Crippen LogP contribution in [0.2, 0.25) is 0 Å². The fourth-order valence-corrected chi connectivity index (χ4v) is 1.39. The average Bonchev–Trinajstić information content (AvgIpc) is 2.26. The number of benzene rings is 1. The van der Waals surface area contributed by atoms with E-state index >= 15 is 0 Å². The second-order valence-electron chi connectivity index (χ2n) is 4.55. The Kier molecular flexibility index (Phi) is 6.06. The van der Waals surface area contributed by atoms with Crippen molar-refractivity contribution in [2.24, 2.45) is 0 Å². The lowest BCUT2D eigenvalue weighted by molar-refractivity contribution is -0.0799. The van der Waals surface area contributed by atoms with Gasteiger partial charge in [0.15, 0.2) is 0 Å². The van der Waals surface area contributed by atoms with Crippen LogP contribution >= 0.6 is 0 Å². The fourth-order valence-electron chi connectivity index (χ4n) is 1.39. The lowest BCUT2D eigenvalue weighted by atomic mass is 10.1. The van der Waals surface area contributed by atoms with Crippen molar-refractivity contribution in [1.29, 1.82) is 0 Å². The van der Waals surface area contributed by atoms with E-state index in [9.17, 15) is 0 Å². The first kappa shape index (κ1) is 14.0. The number of hydrogen-bond donors (Lipinski definition) is 0. The van der Waals surface area contributed by atoms with Gasteiger partial charge in [0.25, 0.3) is 0 Å². The van der Waals surface area contributed by atoms with Crippen LogP contribution < -0.4 is 4.74 Å². The third kappa shape index (κ3) is 4.78. The van der Waals surface area contributed by atoms with Gasteiger partial charge in [-0.1, -0.05) is 44.4 Å². The minimum atomic E-state index is 0.265. The Hall–Kier alpha value is -1.02. The van der Waals surface area contributed by atoms with Crippen LogP contribution in [0.25, 0.3) is 0 Å². The van der Waals surface area contributed by atoms with Gasteiger partial charge in [-0.3, -0.25) is 0 Å². The predicted octanol–water partition coefficient (Wildman–Crippen LogP) is 3.89. The van der Waals surface area contributed by atoms with Crippen LogP contribution in [0, 0.1) is 13.8 Å². The standard InChI is InChI=1S/C11H14O2.C4H10/c1-8-3-4-11(9(2)5-8)13-10-6-12-7-10;1-3-4-2/h3-5,10H,6-7H2,1-2H3;3-4H2,1-2H3. The minimum Gasteiger partial charge on any atom is -0.485 e. The van der Waals surface area contributed by atoms with Crippen LogP contribution in [0.4, 0.5) is 0 Å². The Morgan fingerprint density at radius 2 is 1.82 bits per heavy atom. The molecule has 1 fully saturated rings. The molecule has 0 saturated carbocycles. The van der Waals surface area contributed by atoms with Crippen LogP contribution in [0.1, 0.15) is 37.8 Å². The molecule has 0 N–H and O–H groups in total. The van der Waals surface area contributed by atoms with Crippen molar-refractivity contribution >= 4 is 0 Å². The number of aryl methyl sites for hydroxylation is 2. The molecule has 2 heteroatoms. The molecular weight excluding hydrogens is 212 g/mol. The maximum absolute atomic E-state index is 5.71. The maximum Gasteiger partial charge on any atom is 0.145 e. The Bertz CT molecular complexity index is 328. The zero-order valence-corrected chi connectivity index (χ0v) is 11.5. The van der Waals surface area contributed by atoms with E-state index in [1.54, 1.807) is 0 Å². The summed E-state index contributed by atoms with van der Waals surface area (Å²) in [5.74, 6) is 0.985. The van der Waals surface area contributed by atoms with Gasteiger partial charge in [0.1, 0.15) is 11.9 Å². The molecule has 0 bridgehead atoms. The van der Waals surface area contributed by atoms with Crippen LogP contribution in [0.15, 0.2) is 18.2 Å². The molecular formula is C15H24O2. The first-order chi connectivity index (χ1) is 8.17. The highest BCUT2D eigenvalue weighted by Gasteiger charge is 2.20. The van der Waals surface area contributed by atoms with Crippen molar-refractivity contribution in [3.8, 4) is 5.75 Å². The SMILES string of the molecule is CCCC.Cc1ccc(OC2COC2)c(C)c1. The summed E-state index contributed by atoms with van der Waals surface area (Å²) >= 11 is 0. The van der Waals surface area contributed by atoms with E-state index < -0.39 is 0 Å². The molecule has 1 aromatic carbocycles. The van der Waals surface area contributed by atoms with Gasteiger partial charge in [0.2, 0.25) is 0 Å². The molecule has 0 atom stereocenters. The molecule has 2 nitrogen and oxygen atoms in total. The Morgan fingerprint density at radius 3 is 2.24 bits per heavy atom. The smallest absolute Gasteiger partial charge is 0.145 e. The summed E-state index contributed by atoms with van der Waals surface area (Å²) in [6, 6.07) is 6.24. The number of hydrogen-bond acceptors (Lipinski definition) is 2. The third-order valence-corrected chi connectivity index (χ3v) is 2.73. The van der Waals surface area contributed by atoms with E-state index in [1.807, 2.05) is 6.07 Å². The lowest BCUT2D eigenvalue weighted by Gasteiger charge is -2.27. The molecule has 0 spiro atoms. The maximum atomic E-state index is 5.71.